The molecule has 15 rings (SSSR count). The Bertz CT molecular complexity index is 4380. The number of furan rings is 3. The molecule has 0 aliphatic carbocycles. The van der Waals surface area contributed by atoms with Gasteiger partial charge in [0, 0.05) is 60.8 Å². The second-order valence-corrected chi connectivity index (χ2v) is 21.7. The number of rotatable bonds is 3. The van der Waals surface area contributed by atoms with Crippen LogP contribution in [-0.4, -0.2) is 11.3 Å². The second kappa shape index (κ2) is 14.1. The highest BCUT2D eigenvalue weighted by atomic mass is 16.3. The van der Waals surface area contributed by atoms with Crippen LogP contribution in [0.3, 0.4) is 0 Å². The molecule has 0 saturated heterocycles. The van der Waals surface area contributed by atoms with Crippen molar-refractivity contribution in [1.82, 2.24) is 4.57 Å². The molecule has 13 aromatic rings. The zero-order valence-electron chi connectivity index (χ0n) is 40.5. The van der Waals surface area contributed by atoms with Crippen molar-refractivity contribution in [3.63, 3.8) is 0 Å². The minimum absolute atomic E-state index is 0.000461. The van der Waals surface area contributed by atoms with Crippen LogP contribution in [0.5, 0.6) is 0 Å². The maximum atomic E-state index is 7.61. The molecule has 2 aliphatic heterocycles. The van der Waals surface area contributed by atoms with Crippen molar-refractivity contribution in [3.8, 4) is 5.69 Å². The number of nitrogens with zero attached hydrogens (tertiary/aromatic N) is 3. The van der Waals surface area contributed by atoms with Crippen molar-refractivity contribution in [2.45, 2.75) is 52.4 Å². The molecule has 0 fully saturated rings. The molecular weight excluding hydrogens is 870 g/mol. The van der Waals surface area contributed by atoms with Crippen LogP contribution in [0.15, 0.2) is 195 Å². The summed E-state index contributed by atoms with van der Waals surface area (Å²) in [5, 5.41) is 7.67. The van der Waals surface area contributed by atoms with Crippen LogP contribution in [0.25, 0.3) is 82.3 Å². The highest BCUT2D eigenvalue weighted by Gasteiger charge is 2.48. The molecule has 0 saturated carbocycles. The van der Waals surface area contributed by atoms with Gasteiger partial charge in [0.25, 0.3) is 6.71 Å². The number of hydrogen-bond donors (Lipinski definition) is 0. The lowest BCUT2D eigenvalue weighted by Gasteiger charge is -2.42. The fraction of sp³-hybridized carbons (Fsp3) is 0.125. The van der Waals surface area contributed by atoms with Crippen LogP contribution >= 0.6 is 0 Å². The third kappa shape index (κ3) is 5.60. The van der Waals surface area contributed by atoms with E-state index < -0.39 is 0 Å². The van der Waals surface area contributed by atoms with Gasteiger partial charge in [-0.2, -0.15) is 0 Å². The van der Waals surface area contributed by atoms with Crippen molar-refractivity contribution in [3.05, 3.63) is 193 Å². The summed E-state index contributed by atoms with van der Waals surface area (Å²) in [5.41, 5.74) is 20.1. The molecule has 6 nitrogen and oxygen atoms in total. The van der Waals surface area contributed by atoms with Gasteiger partial charge in [0.05, 0.1) is 33.5 Å². The predicted molar refractivity (Wildman–Crippen MR) is 297 cm³/mol. The Balaban J connectivity index is 1.06. The van der Waals surface area contributed by atoms with Gasteiger partial charge in [-0.15, -0.1) is 0 Å². The van der Waals surface area contributed by atoms with E-state index in [2.05, 4.69) is 214 Å². The van der Waals surface area contributed by atoms with Gasteiger partial charge in [-0.05, 0) is 124 Å². The number of hydrogen-bond acceptors (Lipinski definition) is 5. The molecule has 0 amide bonds. The van der Waals surface area contributed by atoms with E-state index in [-0.39, 0.29) is 17.5 Å². The van der Waals surface area contributed by atoms with E-state index in [1.54, 1.807) is 0 Å². The minimum Gasteiger partial charge on any atom is -0.467 e. The van der Waals surface area contributed by atoms with Gasteiger partial charge in [0.15, 0.2) is 0 Å². The first-order valence-corrected chi connectivity index (χ1v) is 24.8. The van der Waals surface area contributed by atoms with Crippen LogP contribution in [0.4, 0.5) is 34.1 Å². The summed E-state index contributed by atoms with van der Waals surface area (Å²) in [6, 6.07) is 66.5. The summed E-state index contributed by atoms with van der Waals surface area (Å²) in [4.78, 5) is 5.00. The molecule has 340 valence electrons. The van der Waals surface area contributed by atoms with Gasteiger partial charge < -0.3 is 27.6 Å². The number of anilines is 6. The summed E-state index contributed by atoms with van der Waals surface area (Å²) in [5.74, 6) is 0. The van der Waals surface area contributed by atoms with E-state index in [4.69, 9.17) is 13.3 Å². The van der Waals surface area contributed by atoms with E-state index in [1.165, 1.54) is 32.8 Å². The van der Waals surface area contributed by atoms with Crippen LogP contribution in [0.2, 0.25) is 0 Å². The maximum Gasteiger partial charge on any atom is 0.297 e. The molecule has 0 bridgehead atoms. The van der Waals surface area contributed by atoms with E-state index >= 15 is 0 Å². The first-order chi connectivity index (χ1) is 34.5. The summed E-state index contributed by atoms with van der Waals surface area (Å²) in [6.07, 6.45) is 0. The average molecular weight is 918 g/mol. The van der Waals surface area contributed by atoms with Gasteiger partial charge in [-0.25, -0.2) is 0 Å². The topological polar surface area (TPSA) is 50.8 Å². The fourth-order valence-electron chi connectivity index (χ4n) is 12.1. The molecule has 0 N–H and O–H groups in total. The van der Waals surface area contributed by atoms with Crippen molar-refractivity contribution < 1.29 is 13.3 Å². The smallest absolute Gasteiger partial charge is 0.297 e. The molecule has 7 heteroatoms. The van der Waals surface area contributed by atoms with Crippen LogP contribution in [0, 0.1) is 0 Å². The number of aromatic nitrogens is 1. The third-order valence-electron chi connectivity index (χ3n) is 15.5. The Kier molecular flexibility index (Phi) is 8.04. The largest absolute Gasteiger partial charge is 0.467 e. The maximum absolute atomic E-state index is 7.61. The molecule has 2 aliphatic rings. The van der Waals surface area contributed by atoms with Crippen molar-refractivity contribution >= 4 is 134 Å². The number of benzene rings is 9. The lowest BCUT2D eigenvalue weighted by molar-refractivity contribution is 0.590. The SMILES string of the molecule is CC(C)(C)c1ccc(N2c3cccc4c3B(c3ccc5c(c3N4c3ccc(C(C)(C)C)cc3)c3ccccc3n5-c3ccc4oc5ccccc5c4c3)c3oc4c(ccc5oc6ccccc6c54)c32)cc1. The Morgan fingerprint density at radius 1 is 0.394 bits per heavy atom. The number of para-hydroxylation sites is 3. The Labute approximate surface area is 411 Å². The Morgan fingerprint density at radius 3 is 1.65 bits per heavy atom. The van der Waals surface area contributed by atoms with Gasteiger partial charge in [-0.3, -0.25) is 0 Å². The zero-order valence-corrected chi connectivity index (χ0v) is 40.5. The van der Waals surface area contributed by atoms with Crippen molar-refractivity contribution in [2.75, 3.05) is 9.80 Å². The molecule has 0 unspecified atom stereocenters. The van der Waals surface area contributed by atoms with E-state index in [0.717, 1.165) is 111 Å². The standard InChI is InChI=1S/C64H48BN3O3/c1-63(2,3)37-22-26-39(27-23-37)67-50-18-13-19-51-58(50)65(62-59(67)45-31-35-55-57(61(45)71-62)44-16-9-12-21-53(44)70-55)47-32-33-49-56(60(47)68(51)40-28-24-38(25-29-40)64(4,5)6)43-15-7-10-17-48(43)66(49)41-30-34-54-46(36-41)42-14-8-11-20-52(42)69-54/h7-36H,1-6H3. The number of fused-ring (bicyclic) bond motifs is 17. The van der Waals surface area contributed by atoms with Crippen LogP contribution in [0.1, 0.15) is 52.7 Å². The molecule has 0 spiro atoms. The van der Waals surface area contributed by atoms with Gasteiger partial charge >= 0.3 is 0 Å². The summed E-state index contributed by atoms with van der Waals surface area (Å²) in [6.45, 7) is 13.4. The Hall–Kier alpha value is -8.42. The quantitative estimate of drug-likeness (QED) is 0.165. The fourth-order valence-corrected chi connectivity index (χ4v) is 12.1. The monoisotopic (exact) mass is 917 g/mol. The van der Waals surface area contributed by atoms with E-state index in [1.807, 2.05) is 24.3 Å². The third-order valence-corrected chi connectivity index (χ3v) is 15.5. The lowest BCUT2D eigenvalue weighted by Crippen LogP contribution is -2.61. The molecular formula is C64H48BN3O3. The second-order valence-electron chi connectivity index (χ2n) is 21.7. The van der Waals surface area contributed by atoms with Gasteiger partial charge in [-0.1, -0.05) is 133 Å². The summed E-state index contributed by atoms with van der Waals surface area (Å²) < 4.78 is 22.9. The molecule has 0 atom stereocenters. The molecule has 9 aromatic carbocycles. The first-order valence-electron chi connectivity index (χ1n) is 24.8. The first kappa shape index (κ1) is 40.5. The Morgan fingerprint density at radius 2 is 0.958 bits per heavy atom. The van der Waals surface area contributed by atoms with E-state index in [9.17, 15) is 0 Å². The highest BCUT2D eigenvalue weighted by molar-refractivity contribution is 7.00. The lowest BCUT2D eigenvalue weighted by atomic mass is 9.35. The predicted octanol–water partition coefficient (Wildman–Crippen LogP) is 16.0. The van der Waals surface area contributed by atoms with Crippen LogP contribution < -0.4 is 26.4 Å². The average Bonchev–Trinajstić information content (AvgIpc) is 4.15. The summed E-state index contributed by atoms with van der Waals surface area (Å²) in [7, 11) is 0. The van der Waals surface area contributed by atoms with Crippen molar-refractivity contribution in [2.24, 2.45) is 0 Å². The van der Waals surface area contributed by atoms with Gasteiger partial charge in [0.1, 0.15) is 27.9 Å². The molecule has 4 aromatic heterocycles. The van der Waals surface area contributed by atoms with Crippen molar-refractivity contribution in [1.29, 1.82) is 0 Å². The summed E-state index contributed by atoms with van der Waals surface area (Å²) >= 11 is 0. The molecule has 0 radical (unpaired) electrons. The minimum atomic E-state index is -0.248. The van der Waals surface area contributed by atoms with Gasteiger partial charge in [0.2, 0.25) is 0 Å². The zero-order chi connectivity index (χ0) is 47.7. The molecule has 6 heterocycles. The highest BCUT2D eigenvalue weighted by Crippen LogP contribution is 2.51. The normalized spacial score (nSPS) is 13.7. The van der Waals surface area contributed by atoms with E-state index in [0.29, 0.717) is 0 Å². The van der Waals surface area contributed by atoms with Crippen LogP contribution in [-0.2, 0) is 10.8 Å². The molecule has 71 heavy (non-hydrogen) atoms.